The van der Waals surface area contributed by atoms with Crippen LogP contribution in [0.5, 0.6) is 0 Å². The molecule has 0 unspecified atom stereocenters. The van der Waals surface area contributed by atoms with Crippen molar-refractivity contribution in [2.75, 3.05) is 55.8 Å². The molecule has 4 rings (SSSR count). The van der Waals surface area contributed by atoms with E-state index < -0.39 is 0 Å². The first-order valence-corrected chi connectivity index (χ1v) is 11.4. The molecule has 0 aliphatic carbocycles. The summed E-state index contributed by atoms with van der Waals surface area (Å²) in [5, 5.41) is 8.95. The van der Waals surface area contributed by atoms with Crippen molar-refractivity contribution in [2.45, 2.75) is 20.3 Å². The van der Waals surface area contributed by atoms with Gasteiger partial charge in [0, 0.05) is 72.5 Å². The number of nitrogens with one attached hydrogen (secondary N) is 3. The average molecular weight is 448 g/mol. The monoisotopic (exact) mass is 447 g/mol. The minimum absolute atomic E-state index is 0.162. The third-order valence-electron chi connectivity index (χ3n) is 6.72. The number of anilines is 3. The number of allylic oxidation sites excluding steroid dienone is 2. The van der Waals surface area contributed by atoms with Gasteiger partial charge in [-0.1, -0.05) is 6.92 Å². The number of rotatable bonds is 8. The largest absolute Gasteiger partial charge is 0.370 e. The van der Waals surface area contributed by atoms with Gasteiger partial charge in [0.25, 0.3) is 5.91 Å². The summed E-state index contributed by atoms with van der Waals surface area (Å²) in [7, 11) is 3.79. The molecule has 2 aliphatic rings. The first kappa shape index (κ1) is 22.9. The molecule has 1 spiro atoms. The van der Waals surface area contributed by atoms with Gasteiger partial charge in [-0.05, 0) is 68.4 Å². The molecule has 2 aromatic carbocycles. The Kier molecular flexibility index (Phi) is 6.42. The van der Waals surface area contributed by atoms with Gasteiger partial charge in [0.15, 0.2) is 0 Å². The van der Waals surface area contributed by atoms with Crippen molar-refractivity contribution in [2.24, 2.45) is 5.41 Å². The standard InChI is InChI=1S/C26H33N5O2/c1-5-23(18(2)22-12-19(25(33)27-3)6-11-24(22)28-17-32)29-20-7-9-21(10-8-20)31-15-26(16-31)13-30(4)14-26/h6-12,17,29H,5,13-16H2,1-4H3,(H,27,33)(H,28,32)/b23-18+. The topological polar surface area (TPSA) is 76.7 Å². The molecular weight excluding hydrogens is 414 g/mol. The zero-order valence-electron chi connectivity index (χ0n) is 19.9. The van der Waals surface area contributed by atoms with Crippen molar-refractivity contribution in [1.29, 1.82) is 0 Å². The number of amides is 2. The summed E-state index contributed by atoms with van der Waals surface area (Å²) in [5.74, 6) is -0.162. The fourth-order valence-corrected chi connectivity index (χ4v) is 5.11. The minimum Gasteiger partial charge on any atom is -0.370 e. The number of hydrogen-bond acceptors (Lipinski definition) is 5. The van der Waals surface area contributed by atoms with E-state index in [0.29, 0.717) is 23.1 Å². The molecule has 0 radical (unpaired) electrons. The predicted octanol–water partition coefficient (Wildman–Crippen LogP) is 3.62. The predicted molar refractivity (Wildman–Crippen MR) is 135 cm³/mol. The van der Waals surface area contributed by atoms with Gasteiger partial charge in [-0.15, -0.1) is 0 Å². The lowest BCUT2D eigenvalue weighted by atomic mass is 9.73. The molecule has 0 atom stereocenters. The van der Waals surface area contributed by atoms with Crippen molar-refractivity contribution in [3.63, 3.8) is 0 Å². The number of hydrogen-bond donors (Lipinski definition) is 3. The van der Waals surface area contributed by atoms with Crippen molar-refractivity contribution in [3.05, 3.63) is 59.3 Å². The Balaban J connectivity index is 1.52. The molecular formula is C26H33N5O2. The highest BCUT2D eigenvalue weighted by Gasteiger charge is 2.50. The summed E-state index contributed by atoms with van der Waals surface area (Å²) >= 11 is 0. The van der Waals surface area contributed by atoms with Crippen LogP contribution in [0.4, 0.5) is 17.1 Å². The Bertz CT molecular complexity index is 1060. The highest BCUT2D eigenvalue weighted by Crippen LogP contribution is 2.41. The van der Waals surface area contributed by atoms with E-state index in [1.165, 1.54) is 18.8 Å². The summed E-state index contributed by atoms with van der Waals surface area (Å²) in [6.07, 6.45) is 1.44. The smallest absolute Gasteiger partial charge is 0.251 e. The maximum Gasteiger partial charge on any atom is 0.251 e. The van der Waals surface area contributed by atoms with Gasteiger partial charge in [0.1, 0.15) is 0 Å². The Hall–Kier alpha value is -3.32. The van der Waals surface area contributed by atoms with Gasteiger partial charge < -0.3 is 25.8 Å². The lowest BCUT2D eigenvalue weighted by Gasteiger charge is -2.60. The van der Waals surface area contributed by atoms with Crippen LogP contribution in [0, 0.1) is 5.41 Å². The van der Waals surface area contributed by atoms with Crippen LogP contribution in [-0.4, -0.2) is 57.5 Å². The lowest BCUT2D eigenvalue weighted by molar-refractivity contribution is -0.105. The zero-order chi connectivity index (χ0) is 23.6. The van der Waals surface area contributed by atoms with Gasteiger partial charge in [-0.3, -0.25) is 9.59 Å². The quantitative estimate of drug-likeness (QED) is 0.539. The second kappa shape index (κ2) is 9.27. The molecule has 2 heterocycles. The van der Waals surface area contributed by atoms with E-state index in [1.807, 2.05) is 13.0 Å². The Morgan fingerprint density at radius 3 is 2.36 bits per heavy atom. The first-order valence-electron chi connectivity index (χ1n) is 11.4. The van der Waals surface area contributed by atoms with E-state index in [0.717, 1.165) is 42.0 Å². The number of benzene rings is 2. The molecule has 0 bridgehead atoms. The highest BCUT2D eigenvalue weighted by atomic mass is 16.1. The van der Waals surface area contributed by atoms with E-state index in [9.17, 15) is 9.59 Å². The van der Waals surface area contributed by atoms with Crippen LogP contribution in [0.3, 0.4) is 0 Å². The van der Waals surface area contributed by atoms with Crippen LogP contribution >= 0.6 is 0 Å². The molecule has 33 heavy (non-hydrogen) atoms. The van der Waals surface area contributed by atoms with E-state index in [1.54, 1.807) is 19.2 Å². The van der Waals surface area contributed by atoms with Gasteiger partial charge in [0.2, 0.25) is 6.41 Å². The van der Waals surface area contributed by atoms with Gasteiger partial charge >= 0.3 is 0 Å². The molecule has 174 valence electrons. The molecule has 2 saturated heterocycles. The van der Waals surface area contributed by atoms with Crippen LogP contribution in [0.2, 0.25) is 0 Å². The third kappa shape index (κ3) is 4.59. The molecule has 0 aromatic heterocycles. The van der Waals surface area contributed by atoms with Crippen molar-refractivity contribution in [1.82, 2.24) is 10.2 Å². The highest BCUT2D eigenvalue weighted by molar-refractivity contribution is 5.97. The first-order chi connectivity index (χ1) is 15.9. The van der Waals surface area contributed by atoms with Gasteiger partial charge in [0.05, 0.1) is 0 Å². The maximum atomic E-state index is 12.1. The maximum absolute atomic E-state index is 12.1. The summed E-state index contributed by atoms with van der Waals surface area (Å²) < 4.78 is 0. The number of nitrogens with zero attached hydrogens (tertiary/aromatic N) is 2. The number of carbonyl (C=O) groups is 2. The molecule has 0 saturated carbocycles. The Morgan fingerprint density at radius 2 is 1.79 bits per heavy atom. The fraction of sp³-hybridized carbons (Fsp3) is 0.385. The van der Waals surface area contributed by atoms with Crippen LogP contribution in [0.1, 0.15) is 36.2 Å². The van der Waals surface area contributed by atoms with Crippen LogP contribution in [0.25, 0.3) is 5.57 Å². The summed E-state index contributed by atoms with van der Waals surface area (Å²) in [6.45, 7) is 8.78. The molecule has 7 heteroatoms. The summed E-state index contributed by atoms with van der Waals surface area (Å²) in [6, 6.07) is 13.9. The van der Waals surface area contributed by atoms with E-state index in [4.69, 9.17) is 0 Å². The SMILES string of the molecule is CC/C(Nc1ccc(N2CC3(CN(C)C3)C2)cc1)=C(/C)c1cc(C(=O)NC)ccc1NC=O. The molecule has 2 aliphatic heterocycles. The summed E-state index contributed by atoms with van der Waals surface area (Å²) in [4.78, 5) is 28.1. The zero-order valence-corrected chi connectivity index (χ0v) is 19.9. The Labute approximate surface area is 195 Å². The van der Waals surface area contributed by atoms with Crippen LogP contribution in [-0.2, 0) is 4.79 Å². The van der Waals surface area contributed by atoms with Gasteiger partial charge in [-0.2, -0.15) is 0 Å². The molecule has 2 fully saturated rings. The average Bonchev–Trinajstić information content (AvgIpc) is 2.79. The molecule has 2 aromatic rings. The van der Waals surface area contributed by atoms with Crippen molar-refractivity contribution < 1.29 is 9.59 Å². The number of carbonyl (C=O) groups excluding carboxylic acids is 2. The summed E-state index contributed by atoms with van der Waals surface area (Å²) in [5.41, 5.74) is 6.84. The van der Waals surface area contributed by atoms with Crippen LogP contribution < -0.4 is 20.9 Å². The van der Waals surface area contributed by atoms with E-state index in [2.05, 4.69) is 64.0 Å². The second-order valence-electron chi connectivity index (χ2n) is 9.26. The molecule has 2 amide bonds. The number of likely N-dealkylation sites (tertiary alicyclic amines) is 1. The second-order valence-corrected chi connectivity index (χ2v) is 9.26. The third-order valence-corrected chi connectivity index (χ3v) is 6.72. The Morgan fingerprint density at radius 1 is 1.09 bits per heavy atom. The van der Waals surface area contributed by atoms with Crippen molar-refractivity contribution in [3.8, 4) is 0 Å². The van der Waals surface area contributed by atoms with Gasteiger partial charge in [-0.25, -0.2) is 0 Å². The van der Waals surface area contributed by atoms with Crippen LogP contribution in [0.15, 0.2) is 48.2 Å². The minimum atomic E-state index is -0.162. The van der Waals surface area contributed by atoms with E-state index >= 15 is 0 Å². The lowest BCUT2D eigenvalue weighted by Crippen LogP contribution is -2.71. The normalized spacial score (nSPS) is 17.5. The fourth-order valence-electron chi connectivity index (χ4n) is 5.11. The van der Waals surface area contributed by atoms with E-state index in [-0.39, 0.29) is 5.91 Å². The molecule has 3 N–H and O–H groups in total. The van der Waals surface area contributed by atoms with Crippen molar-refractivity contribution >= 4 is 35.0 Å². The molecule has 7 nitrogen and oxygen atoms in total.